The van der Waals surface area contributed by atoms with E-state index in [1.165, 1.54) is 18.2 Å². The van der Waals surface area contributed by atoms with E-state index in [2.05, 4.69) is 10.3 Å². The van der Waals surface area contributed by atoms with Crippen LogP contribution in [-0.2, 0) is 14.6 Å². The Hall–Kier alpha value is -3.34. The molecule has 0 atom stereocenters. The average Bonchev–Trinajstić information content (AvgIpc) is 3.66. The number of pyridine rings is 1. The van der Waals surface area contributed by atoms with Gasteiger partial charge in [0.1, 0.15) is 5.82 Å². The van der Waals surface area contributed by atoms with Crippen molar-refractivity contribution in [2.75, 3.05) is 6.26 Å². The van der Waals surface area contributed by atoms with Crippen LogP contribution in [-0.4, -0.2) is 40.7 Å². The Labute approximate surface area is 200 Å². The highest BCUT2D eigenvalue weighted by Gasteiger charge is 2.33. The summed E-state index contributed by atoms with van der Waals surface area (Å²) in [6.07, 6.45) is 6.00. The van der Waals surface area contributed by atoms with Crippen LogP contribution in [0.15, 0.2) is 51.0 Å². The average molecular weight is 501 g/mol. The van der Waals surface area contributed by atoms with Crippen molar-refractivity contribution in [3.8, 4) is 5.69 Å². The Morgan fingerprint density at radius 2 is 1.80 bits per heavy atom. The normalized spacial score (nSPS) is 20.6. The number of nitrogens with one attached hydrogen (secondary N) is 1. The number of hydrogen-bond donors (Lipinski definition) is 1. The summed E-state index contributed by atoms with van der Waals surface area (Å²) in [6.45, 7) is 0. The minimum absolute atomic E-state index is 0.00169. The highest BCUT2D eigenvalue weighted by molar-refractivity contribution is 7.90. The minimum Gasteiger partial charge on any atom is -0.353 e. The zero-order valence-electron chi connectivity index (χ0n) is 19.1. The minimum atomic E-state index is -3.56. The van der Waals surface area contributed by atoms with E-state index < -0.39 is 32.9 Å². The predicted molar refractivity (Wildman–Crippen MR) is 127 cm³/mol. The van der Waals surface area contributed by atoms with E-state index in [4.69, 9.17) is 0 Å². The molecule has 11 heteroatoms. The summed E-state index contributed by atoms with van der Waals surface area (Å²) in [5.74, 6) is -0.554. The van der Waals surface area contributed by atoms with Gasteiger partial charge in [0.15, 0.2) is 15.5 Å². The van der Waals surface area contributed by atoms with Crippen LogP contribution in [0.2, 0.25) is 0 Å². The van der Waals surface area contributed by atoms with Crippen LogP contribution >= 0.6 is 0 Å². The van der Waals surface area contributed by atoms with Crippen molar-refractivity contribution < 1.29 is 17.6 Å². The van der Waals surface area contributed by atoms with Crippen molar-refractivity contribution >= 4 is 26.8 Å². The van der Waals surface area contributed by atoms with Crippen molar-refractivity contribution in [3.63, 3.8) is 0 Å². The second kappa shape index (κ2) is 8.71. The molecule has 1 aromatic carbocycles. The number of amides is 1. The number of carbonyl (C=O) groups is 1. The molecule has 9 nitrogen and oxygen atoms in total. The lowest BCUT2D eigenvalue weighted by Crippen LogP contribution is -2.45. The van der Waals surface area contributed by atoms with Crippen molar-refractivity contribution in [1.82, 2.24) is 19.4 Å². The number of carbonyl (C=O) groups excluding carboxylic acids is 1. The topological polar surface area (TPSA) is 120 Å². The highest BCUT2D eigenvalue weighted by Crippen LogP contribution is 2.31. The van der Waals surface area contributed by atoms with Gasteiger partial charge in [-0.1, -0.05) is 6.07 Å². The molecule has 184 valence electrons. The molecule has 35 heavy (non-hydrogen) atoms. The fourth-order valence-electron chi connectivity index (χ4n) is 4.73. The molecule has 5 rings (SSSR count). The van der Waals surface area contributed by atoms with Gasteiger partial charge in [0, 0.05) is 24.3 Å². The molecule has 1 N–H and O–H groups in total. The van der Waals surface area contributed by atoms with Gasteiger partial charge in [-0.25, -0.2) is 27.2 Å². The Morgan fingerprint density at radius 3 is 2.46 bits per heavy atom. The summed E-state index contributed by atoms with van der Waals surface area (Å²) >= 11 is 0. The van der Waals surface area contributed by atoms with Gasteiger partial charge in [-0.3, -0.25) is 14.2 Å². The van der Waals surface area contributed by atoms with Crippen LogP contribution in [0.5, 0.6) is 0 Å². The molecule has 0 bridgehead atoms. The van der Waals surface area contributed by atoms with Crippen molar-refractivity contribution in [1.29, 1.82) is 0 Å². The smallest absolute Gasteiger partial charge is 0.337 e. The van der Waals surface area contributed by atoms with E-state index >= 15 is 0 Å². The summed E-state index contributed by atoms with van der Waals surface area (Å²) in [6, 6.07) is 6.37. The summed E-state index contributed by atoms with van der Waals surface area (Å²) < 4.78 is 40.5. The van der Waals surface area contributed by atoms with Gasteiger partial charge in [-0.05, 0) is 62.8 Å². The van der Waals surface area contributed by atoms with Gasteiger partial charge < -0.3 is 5.32 Å². The molecule has 2 aliphatic carbocycles. The van der Waals surface area contributed by atoms with E-state index in [-0.39, 0.29) is 39.5 Å². The zero-order chi connectivity index (χ0) is 24.9. The van der Waals surface area contributed by atoms with Crippen LogP contribution < -0.4 is 16.6 Å². The van der Waals surface area contributed by atoms with E-state index in [0.717, 1.165) is 40.5 Å². The maximum Gasteiger partial charge on any atom is 0.337 e. The van der Waals surface area contributed by atoms with Gasteiger partial charge in [0.25, 0.3) is 5.56 Å². The maximum atomic E-state index is 14.1. The highest BCUT2D eigenvalue weighted by atomic mass is 32.2. The van der Waals surface area contributed by atoms with Gasteiger partial charge in [-0.15, -0.1) is 0 Å². The van der Waals surface area contributed by atoms with E-state index in [0.29, 0.717) is 25.7 Å². The largest absolute Gasteiger partial charge is 0.353 e. The molecule has 2 saturated carbocycles. The Balaban J connectivity index is 1.59. The molecule has 3 aromatic rings. The molecule has 2 aromatic heterocycles. The van der Waals surface area contributed by atoms with Crippen molar-refractivity contribution in [2.24, 2.45) is 5.92 Å². The number of nitrogens with zero attached hydrogens (tertiary/aromatic N) is 3. The zero-order valence-corrected chi connectivity index (χ0v) is 19.9. The van der Waals surface area contributed by atoms with E-state index in [1.807, 2.05) is 0 Å². The molecule has 0 saturated heterocycles. The predicted octanol–water partition coefficient (Wildman–Crippen LogP) is 2.10. The molecule has 0 radical (unpaired) electrons. The Bertz CT molecular complexity index is 1550. The quantitative estimate of drug-likeness (QED) is 0.573. The third kappa shape index (κ3) is 4.52. The number of aromatic nitrogens is 3. The molecule has 2 aliphatic rings. The summed E-state index contributed by atoms with van der Waals surface area (Å²) in [5.41, 5.74) is -1.15. The molecule has 0 unspecified atom stereocenters. The number of halogens is 1. The van der Waals surface area contributed by atoms with Gasteiger partial charge in [0.05, 0.1) is 22.2 Å². The van der Waals surface area contributed by atoms with Crippen LogP contribution in [0.25, 0.3) is 16.7 Å². The summed E-state index contributed by atoms with van der Waals surface area (Å²) in [7, 11) is -3.56. The molecule has 0 spiro atoms. The lowest BCUT2D eigenvalue weighted by atomic mass is 9.90. The monoisotopic (exact) mass is 500 g/mol. The molecule has 0 aliphatic heterocycles. The first-order valence-electron chi connectivity index (χ1n) is 11.6. The maximum absolute atomic E-state index is 14.1. The number of hydrogen-bond acceptors (Lipinski definition) is 6. The van der Waals surface area contributed by atoms with Crippen LogP contribution in [0, 0.1) is 11.7 Å². The van der Waals surface area contributed by atoms with Crippen molar-refractivity contribution in [3.05, 3.63) is 63.2 Å². The number of rotatable bonds is 5. The lowest BCUT2D eigenvalue weighted by molar-refractivity contribution is -0.123. The summed E-state index contributed by atoms with van der Waals surface area (Å²) in [5, 5.41) is 2.98. The van der Waals surface area contributed by atoms with Gasteiger partial charge in [0.2, 0.25) is 5.91 Å². The first-order chi connectivity index (χ1) is 16.6. The molecule has 2 fully saturated rings. The SMILES string of the molecule is CS(=O)(=O)c1cccc(-n2c(=O)n(C3CCC(NC(=O)C4CC4)CC3)c(=O)c3cc(F)cnc32)c1. The third-order valence-electron chi connectivity index (χ3n) is 6.75. The molecule has 2 heterocycles. The second-order valence-electron chi connectivity index (χ2n) is 9.38. The molecule has 1 amide bonds. The second-order valence-corrected chi connectivity index (χ2v) is 11.4. The Morgan fingerprint density at radius 1 is 1.09 bits per heavy atom. The molecular weight excluding hydrogens is 475 g/mol. The lowest BCUT2D eigenvalue weighted by Gasteiger charge is -2.30. The van der Waals surface area contributed by atoms with Crippen molar-refractivity contribution in [2.45, 2.75) is 55.5 Å². The molecular formula is C24H25FN4O5S. The van der Waals surface area contributed by atoms with Gasteiger partial charge in [-0.2, -0.15) is 0 Å². The number of sulfone groups is 1. The van der Waals surface area contributed by atoms with E-state index in [9.17, 15) is 27.2 Å². The Kier molecular flexibility index (Phi) is 5.82. The fraction of sp³-hybridized carbons (Fsp3) is 0.417. The first kappa shape index (κ1) is 23.4. The fourth-order valence-corrected chi connectivity index (χ4v) is 5.39. The van der Waals surface area contributed by atoms with Crippen LogP contribution in [0.1, 0.15) is 44.6 Å². The van der Waals surface area contributed by atoms with Crippen LogP contribution in [0.3, 0.4) is 0 Å². The first-order valence-corrected chi connectivity index (χ1v) is 13.5. The summed E-state index contributed by atoms with van der Waals surface area (Å²) in [4.78, 5) is 43.1. The van der Waals surface area contributed by atoms with Crippen LogP contribution in [0.4, 0.5) is 4.39 Å². The number of fused-ring (bicyclic) bond motifs is 1. The standard InChI is InChI=1S/C24H25FN4O5S/c1-35(33,34)19-4-2-3-18(12-19)28-21-20(11-15(25)13-26-21)23(31)29(24(28)32)17-9-7-16(8-10-17)27-22(30)14-5-6-14/h2-4,11-14,16-17H,5-10H2,1H3,(H,27,30). The third-order valence-corrected chi connectivity index (χ3v) is 7.86. The van der Waals surface area contributed by atoms with E-state index in [1.54, 1.807) is 6.07 Å². The van der Waals surface area contributed by atoms with Gasteiger partial charge >= 0.3 is 5.69 Å². The number of benzene rings is 1.